The molecule has 0 fully saturated rings. The average Bonchev–Trinajstić information content (AvgIpc) is 3.07. The maximum Gasteiger partial charge on any atom is 0.229 e. The van der Waals surface area contributed by atoms with Gasteiger partial charge in [0, 0.05) is 23.0 Å². The second-order valence-electron chi connectivity index (χ2n) is 7.00. The van der Waals surface area contributed by atoms with Crippen LogP contribution in [0, 0.1) is 17.1 Å². The molecular weight excluding hydrogens is 413 g/mol. The van der Waals surface area contributed by atoms with Gasteiger partial charge in [-0.05, 0) is 48.7 Å². The summed E-state index contributed by atoms with van der Waals surface area (Å²) in [5, 5.41) is 10.4. The molecule has 5 nitrogen and oxygen atoms in total. The van der Waals surface area contributed by atoms with E-state index in [2.05, 4.69) is 10.8 Å². The number of nitrogens with one attached hydrogen (secondary N) is 1. The summed E-state index contributed by atoms with van der Waals surface area (Å²) < 4.78 is 42.2. The molecule has 152 valence electrons. The third-order valence-corrected chi connectivity index (χ3v) is 5.99. The zero-order valence-corrected chi connectivity index (χ0v) is 17.7. The molecule has 0 amide bonds. The van der Waals surface area contributed by atoms with Crippen LogP contribution in [0.3, 0.4) is 0 Å². The second-order valence-corrected chi connectivity index (χ2v) is 9.18. The van der Waals surface area contributed by atoms with Crippen molar-refractivity contribution in [3.63, 3.8) is 0 Å². The van der Waals surface area contributed by atoms with Crippen molar-refractivity contribution in [2.24, 2.45) is 0 Å². The average molecular weight is 434 g/mol. The van der Waals surface area contributed by atoms with Gasteiger partial charge >= 0.3 is 0 Å². The monoisotopic (exact) mass is 433 g/mol. The highest BCUT2D eigenvalue weighted by molar-refractivity contribution is 7.92. The zero-order valence-electron chi connectivity index (χ0n) is 16.1. The van der Waals surface area contributed by atoms with E-state index in [4.69, 9.17) is 11.6 Å². The molecule has 3 rings (SSSR count). The van der Waals surface area contributed by atoms with Gasteiger partial charge in [-0.3, -0.25) is 4.72 Å². The predicted octanol–water partition coefficient (Wildman–Crippen LogP) is 5.26. The van der Waals surface area contributed by atoms with Crippen LogP contribution in [-0.2, 0) is 15.6 Å². The Kier molecular flexibility index (Phi) is 5.87. The van der Waals surface area contributed by atoms with Crippen molar-refractivity contribution < 1.29 is 12.8 Å². The van der Waals surface area contributed by atoms with Crippen LogP contribution in [0.15, 0.2) is 48.7 Å². The molecule has 8 heteroatoms. The molecule has 29 heavy (non-hydrogen) atoms. The second kappa shape index (κ2) is 8.05. The van der Waals surface area contributed by atoms with Crippen LogP contribution in [0.2, 0.25) is 5.02 Å². The van der Waals surface area contributed by atoms with Crippen molar-refractivity contribution in [3.8, 4) is 6.07 Å². The molecule has 1 N–H and O–H groups in total. The number of anilines is 1. The van der Waals surface area contributed by atoms with Gasteiger partial charge in [-0.25, -0.2) is 12.8 Å². The van der Waals surface area contributed by atoms with Crippen LogP contribution in [0.1, 0.15) is 31.7 Å². The molecule has 3 aromatic rings. The van der Waals surface area contributed by atoms with E-state index in [1.54, 1.807) is 18.2 Å². The molecule has 0 aliphatic rings. The lowest BCUT2D eigenvalue weighted by atomic mass is 9.82. The van der Waals surface area contributed by atoms with E-state index >= 15 is 0 Å². The largest absolute Gasteiger partial charge is 0.337 e. The first-order chi connectivity index (χ1) is 13.7. The molecule has 0 bridgehead atoms. The lowest BCUT2D eigenvalue weighted by molar-refractivity contribution is 0.328. The number of halogens is 2. The van der Waals surface area contributed by atoms with Gasteiger partial charge in [-0.1, -0.05) is 30.7 Å². The van der Waals surface area contributed by atoms with E-state index in [0.29, 0.717) is 35.2 Å². The predicted molar refractivity (Wildman–Crippen MR) is 114 cm³/mol. The van der Waals surface area contributed by atoms with Gasteiger partial charge in [0.05, 0.1) is 29.1 Å². The van der Waals surface area contributed by atoms with Gasteiger partial charge in [-0.15, -0.1) is 0 Å². The Bertz CT molecular complexity index is 1180. The number of sulfonamides is 1. The molecule has 1 heterocycles. The van der Waals surface area contributed by atoms with Crippen LogP contribution in [-0.4, -0.2) is 19.2 Å². The summed E-state index contributed by atoms with van der Waals surface area (Å²) in [7, 11) is -3.57. The molecule has 0 saturated carbocycles. The van der Waals surface area contributed by atoms with E-state index < -0.39 is 21.4 Å². The van der Waals surface area contributed by atoms with Crippen molar-refractivity contribution in [2.75, 3.05) is 11.0 Å². The topological polar surface area (TPSA) is 74.9 Å². The molecule has 0 aliphatic carbocycles. The summed E-state index contributed by atoms with van der Waals surface area (Å²) in [5.41, 5.74) is 1.06. The van der Waals surface area contributed by atoms with Gasteiger partial charge in [0.1, 0.15) is 5.82 Å². The lowest BCUT2D eigenvalue weighted by Crippen LogP contribution is -2.33. The van der Waals surface area contributed by atoms with E-state index in [9.17, 15) is 18.1 Å². The molecule has 0 radical (unpaired) electrons. The van der Waals surface area contributed by atoms with Gasteiger partial charge in [-0.2, -0.15) is 5.26 Å². The third kappa shape index (κ3) is 4.24. The highest BCUT2D eigenvalue weighted by atomic mass is 35.5. The Morgan fingerprint density at radius 2 is 1.93 bits per heavy atom. The fourth-order valence-corrected chi connectivity index (χ4v) is 4.54. The fourth-order valence-electron chi connectivity index (χ4n) is 3.84. The summed E-state index contributed by atoms with van der Waals surface area (Å²) in [5.74, 6) is -0.551. The minimum absolute atomic E-state index is 0.183. The number of hydrogen-bond donors (Lipinski definition) is 1. The van der Waals surface area contributed by atoms with Gasteiger partial charge in [0.15, 0.2) is 0 Å². The molecule has 2 aromatic carbocycles. The maximum atomic E-state index is 14.4. The Morgan fingerprint density at radius 3 is 2.52 bits per heavy atom. The Hall–Kier alpha value is -2.56. The molecule has 1 aromatic heterocycles. The molecule has 0 spiro atoms. The van der Waals surface area contributed by atoms with Crippen molar-refractivity contribution in [2.45, 2.75) is 31.7 Å². The zero-order chi connectivity index (χ0) is 21.2. The minimum atomic E-state index is -3.57. The SMILES string of the molecule is CCC(CCC#N)(c1ccc(Cl)cc1)n1ccc2c(NS(C)(=O)=O)cc(F)cc21. The number of benzene rings is 2. The Labute approximate surface area is 174 Å². The maximum absolute atomic E-state index is 14.4. The van der Waals surface area contributed by atoms with Crippen LogP contribution in [0.5, 0.6) is 0 Å². The molecule has 1 unspecified atom stereocenters. The van der Waals surface area contributed by atoms with Crippen molar-refractivity contribution in [1.82, 2.24) is 4.57 Å². The third-order valence-electron chi connectivity index (χ3n) is 5.15. The first-order valence-corrected chi connectivity index (χ1v) is 11.4. The van der Waals surface area contributed by atoms with Gasteiger partial charge < -0.3 is 4.57 Å². The van der Waals surface area contributed by atoms with Crippen LogP contribution < -0.4 is 4.72 Å². The quantitative estimate of drug-likeness (QED) is 0.552. The molecule has 0 aliphatic heterocycles. The van der Waals surface area contributed by atoms with E-state index in [0.717, 1.165) is 11.8 Å². The van der Waals surface area contributed by atoms with Gasteiger partial charge in [0.2, 0.25) is 10.0 Å². The van der Waals surface area contributed by atoms with Gasteiger partial charge in [0.25, 0.3) is 0 Å². The first-order valence-electron chi connectivity index (χ1n) is 9.12. The highest BCUT2D eigenvalue weighted by Crippen LogP contribution is 2.40. The fraction of sp³-hybridized carbons (Fsp3) is 0.286. The summed E-state index contributed by atoms with van der Waals surface area (Å²) in [6.45, 7) is 2.01. The normalized spacial score (nSPS) is 13.8. The van der Waals surface area contributed by atoms with E-state index in [1.165, 1.54) is 12.1 Å². The van der Waals surface area contributed by atoms with Crippen molar-refractivity contribution in [3.05, 3.63) is 65.1 Å². The van der Waals surface area contributed by atoms with Crippen molar-refractivity contribution >= 4 is 38.2 Å². The number of hydrogen-bond acceptors (Lipinski definition) is 3. The molecular formula is C21H21ClFN3O2S. The van der Waals surface area contributed by atoms with Crippen LogP contribution in [0.25, 0.3) is 10.9 Å². The first kappa shape index (κ1) is 21.2. The number of nitriles is 1. The Balaban J connectivity index is 2.28. The number of fused-ring (bicyclic) bond motifs is 1. The summed E-state index contributed by atoms with van der Waals surface area (Å²) >= 11 is 6.06. The van der Waals surface area contributed by atoms with Crippen LogP contribution in [0.4, 0.5) is 10.1 Å². The minimum Gasteiger partial charge on any atom is -0.337 e. The lowest BCUT2D eigenvalue weighted by Gasteiger charge is -2.36. The standard InChI is InChI=1S/C21H21ClFN3O2S/c1-3-21(10-4-11-24,15-5-7-16(22)8-6-15)26-12-9-18-19(25-29(2,27)28)13-17(23)14-20(18)26/h5-9,12-14,25H,3-4,10H2,1-2H3. The molecule has 1 atom stereocenters. The summed E-state index contributed by atoms with van der Waals surface area (Å²) in [6.07, 6.45) is 4.30. The van der Waals surface area contributed by atoms with Crippen molar-refractivity contribution in [1.29, 1.82) is 5.26 Å². The number of aromatic nitrogens is 1. The summed E-state index contributed by atoms with van der Waals surface area (Å²) in [6, 6.07) is 13.9. The van der Waals surface area contributed by atoms with E-state index in [1.807, 2.05) is 29.8 Å². The Morgan fingerprint density at radius 1 is 1.24 bits per heavy atom. The highest BCUT2D eigenvalue weighted by Gasteiger charge is 2.33. The smallest absolute Gasteiger partial charge is 0.229 e. The van der Waals surface area contributed by atoms with Crippen LogP contribution >= 0.6 is 11.6 Å². The van der Waals surface area contributed by atoms with E-state index in [-0.39, 0.29) is 5.69 Å². The number of nitrogens with zero attached hydrogens (tertiary/aromatic N) is 2. The molecule has 0 saturated heterocycles. The summed E-state index contributed by atoms with van der Waals surface area (Å²) in [4.78, 5) is 0. The number of rotatable bonds is 7.